The minimum absolute atomic E-state index is 0.0278. The zero-order chi connectivity index (χ0) is 16.9. The lowest BCUT2D eigenvalue weighted by molar-refractivity contribution is 0.151. The highest BCUT2D eigenvalue weighted by atomic mass is 16.2. The van der Waals surface area contributed by atoms with Crippen molar-refractivity contribution < 1.29 is 4.79 Å². The SMILES string of the molecule is CC(C)Cn1ccnc1CNC(=O)N1CCCCC1c1cn[nH]c1. The average molecular weight is 330 g/mol. The molecule has 130 valence electrons. The molecule has 0 saturated carbocycles. The Morgan fingerprint density at radius 1 is 1.46 bits per heavy atom. The number of rotatable bonds is 5. The number of imidazole rings is 1. The van der Waals surface area contributed by atoms with Crippen LogP contribution in [0, 0.1) is 5.92 Å². The molecule has 2 amide bonds. The van der Waals surface area contributed by atoms with Crippen LogP contribution < -0.4 is 5.32 Å². The zero-order valence-corrected chi connectivity index (χ0v) is 14.4. The molecule has 1 atom stereocenters. The van der Waals surface area contributed by atoms with Gasteiger partial charge in [0.2, 0.25) is 0 Å². The number of carbonyl (C=O) groups excluding carboxylic acids is 1. The van der Waals surface area contributed by atoms with Crippen molar-refractivity contribution in [3.63, 3.8) is 0 Å². The van der Waals surface area contributed by atoms with E-state index in [0.717, 1.165) is 43.7 Å². The summed E-state index contributed by atoms with van der Waals surface area (Å²) in [5.74, 6) is 1.44. The fourth-order valence-electron chi connectivity index (χ4n) is 3.29. The number of carbonyl (C=O) groups is 1. The van der Waals surface area contributed by atoms with Gasteiger partial charge in [-0.25, -0.2) is 9.78 Å². The fourth-order valence-corrected chi connectivity index (χ4v) is 3.29. The molecule has 2 N–H and O–H groups in total. The van der Waals surface area contributed by atoms with Gasteiger partial charge in [0.15, 0.2) is 0 Å². The summed E-state index contributed by atoms with van der Waals surface area (Å²) < 4.78 is 2.11. The molecule has 3 heterocycles. The highest BCUT2D eigenvalue weighted by molar-refractivity contribution is 5.74. The molecule has 0 bridgehead atoms. The third-order valence-electron chi connectivity index (χ3n) is 4.43. The van der Waals surface area contributed by atoms with Crippen LogP contribution in [0.15, 0.2) is 24.8 Å². The van der Waals surface area contributed by atoms with Crippen molar-refractivity contribution in [1.82, 2.24) is 30.0 Å². The number of hydrogen-bond acceptors (Lipinski definition) is 3. The molecular weight excluding hydrogens is 304 g/mol. The quantitative estimate of drug-likeness (QED) is 0.884. The Morgan fingerprint density at radius 2 is 2.33 bits per heavy atom. The van der Waals surface area contributed by atoms with Gasteiger partial charge in [-0.05, 0) is 25.2 Å². The molecule has 0 spiro atoms. The van der Waals surface area contributed by atoms with Gasteiger partial charge in [0.25, 0.3) is 0 Å². The highest BCUT2D eigenvalue weighted by Crippen LogP contribution is 2.30. The zero-order valence-electron chi connectivity index (χ0n) is 14.4. The Kier molecular flexibility index (Phi) is 5.17. The number of likely N-dealkylation sites (tertiary alicyclic amines) is 1. The largest absolute Gasteiger partial charge is 0.333 e. The number of nitrogens with one attached hydrogen (secondary N) is 2. The molecule has 1 fully saturated rings. The molecule has 2 aromatic rings. The van der Waals surface area contributed by atoms with E-state index in [9.17, 15) is 4.79 Å². The molecule has 0 radical (unpaired) electrons. The van der Waals surface area contributed by atoms with E-state index in [-0.39, 0.29) is 12.1 Å². The predicted octanol–water partition coefficient (Wildman–Crippen LogP) is 2.70. The first-order chi connectivity index (χ1) is 11.6. The van der Waals surface area contributed by atoms with Gasteiger partial charge in [-0.3, -0.25) is 5.10 Å². The van der Waals surface area contributed by atoms with Crippen LogP contribution in [0.3, 0.4) is 0 Å². The van der Waals surface area contributed by atoms with Gasteiger partial charge >= 0.3 is 6.03 Å². The molecule has 7 heteroatoms. The maximum Gasteiger partial charge on any atom is 0.318 e. The molecule has 0 aliphatic carbocycles. The van der Waals surface area contributed by atoms with Gasteiger partial charge in [-0.1, -0.05) is 13.8 Å². The van der Waals surface area contributed by atoms with Crippen LogP contribution >= 0.6 is 0 Å². The third kappa shape index (κ3) is 3.77. The number of piperidine rings is 1. The van der Waals surface area contributed by atoms with E-state index in [1.54, 1.807) is 6.20 Å². The van der Waals surface area contributed by atoms with Gasteiger partial charge in [-0.15, -0.1) is 0 Å². The summed E-state index contributed by atoms with van der Waals surface area (Å²) in [5, 5.41) is 9.90. The highest BCUT2D eigenvalue weighted by Gasteiger charge is 2.28. The van der Waals surface area contributed by atoms with Crippen molar-refractivity contribution in [2.45, 2.75) is 52.2 Å². The number of nitrogens with zero attached hydrogens (tertiary/aromatic N) is 4. The molecule has 2 aromatic heterocycles. The van der Waals surface area contributed by atoms with Crippen molar-refractivity contribution in [2.24, 2.45) is 5.92 Å². The lowest BCUT2D eigenvalue weighted by atomic mass is 9.98. The first-order valence-corrected chi connectivity index (χ1v) is 8.68. The van der Waals surface area contributed by atoms with Gasteiger partial charge in [0.1, 0.15) is 5.82 Å². The van der Waals surface area contributed by atoms with Crippen molar-refractivity contribution in [2.75, 3.05) is 6.54 Å². The Morgan fingerprint density at radius 3 is 3.08 bits per heavy atom. The van der Waals surface area contributed by atoms with E-state index < -0.39 is 0 Å². The predicted molar refractivity (Wildman–Crippen MR) is 91.2 cm³/mol. The minimum Gasteiger partial charge on any atom is -0.333 e. The summed E-state index contributed by atoms with van der Waals surface area (Å²) in [6, 6.07) is 0.0768. The van der Waals surface area contributed by atoms with Gasteiger partial charge in [0.05, 0.1) is 18.8 Å². The number of aromatic amines is 1. The summed E-state index contributed by atoms with van der Waals surface area (Å²) in [5.41, 5.74) is 1.08. The van der Waals surface area contributed by atoms with Crippen LogP contribution in [0.4, 0.5) is 4.79 Å². The number of aromatic nitrogens is 4. The van der Waals surface area contributed by atoms with Crippen molar-refractivity contribution in [1.29, 1.82) is 0 Å². The van der Waals surface area contributed by atoms with Gasteiger partial charge in [0, 0.05) is 37.2 Å². The number of amides is 2. The van der Waals surface area contributed by atoms with Crippen LogP contribution in [-0.4, -0.2) is 37.2 Å². The van der Waals surface area contributed by atoms with Crippen LogP contribution in [0.5, 0.6) is 0 Å². The van der Waals surface area contributed by atoms with E-state index in [0.29, 0.717) is 12.5 Å². The standard InChI is InChI=1S/C17H26N6O/c1-13(2)12-22-8-6-18-16(22)11-19-17(24)23-7-4-3-5-15(23)14-9-20-21-10-14/h6,8-10,13,15H,3-5,7,11-12H2,1-2H3,(H,19,24)(H,20,21). The number of urea groups is 1. The van der Waals surface area contributed by atoms with Crippen molar-refractivity contribution in [3.05, 3.63) is 36.2 Å². The smallest absolute Gasteiger partial charge is 0.318 e. The van der Waals surface area contributed by atoms with Crippen LogP contribution in [0.25, 0.3) is 0 Å². The second-order valence-electron chi connectivity index (χ2n) is 6.78. The maximum absolute atomic E-state index is 12.7. The molecule has 1 aliphatic heterocycles. The van der Waals surface area contributed by atoms with Crippen molar-refractivity contribution >= 4 is 6.03 Å². The summed E-state index contributed by atoms with van der Waals surface area (Å²) in [4.78, 5) is 19.0. The molecule has 1 unspecified atom stereocenters. The summed E-state index contributed by atoms with van der Waals surface area (Å²) in [7, 11) is 0. The Labute approximate surface area is 142 Å². The third-order valence-corrected chi connectivity index (χ3v) is 4.43. The van der Waals surface area contributed by atoms with E-state index >= 15 is 0 Å². The second-order valence-corrected chi connectivity index (χ2v) is 6.78. The first kappa shape index (κ1) is 16.5. The van der Waals surface area contributed by atoms with Crippen LogP contribution in [0.1, 0.15) is 50.5 Å². The second kappa shape index (κ2) is 7.51. The molecular formula is C17H26N6O. The molecule has 1 saturated heterocycles. The normalized spacial score (nSPS) is 18.1. The van der Waals surface area contributed by atoms with E-state index in [1.165, 1.54) is 0 Å². The monoisotopic (exact) mass is 330 g/mol. The summed E-state index contributed by atoms with van der Waals surface area (Å²) >= 11 is 0. The molecule has 3 rings (SSSR count). The first-order valence-electron chi connectivity index (χ1n) is 8.68. The molecule has 24 heavy (non-hydrogen) atoms. The topological polar surface area (TPSA) is 78.8 Å². The molecule has 0 aromatic carbocycles. The lowest BCUT2D eigenvalue weighted by Crippen LogP contribution is -2.44. The summed E-state index contributed by atoms with van der Waals surface area (Å²) in [6.45, 7) is 6.49. The lowest BCUT2D eigenvalue weighted by Gasteiger charge is -2.35. The summed E-state index contributed by atoms with van der Waals surface area (Å²) in [6.07, 6.45) is 10.6. The van der Waals surface area contributed by atoms with Gasteiger partial charge in [-0.2, -0.15) is 5.10 Å². The molecule has 1 aliphatic rings. The Balaban J connectivity index is 1.62. The van der Waals surface area contributed by atoms with Crippen LogP contribution in [0.2, 0.25) is 0 Å². The molecule has 7 nitrogen and oxygen atoms in total. The maximum atomic E-state index is 12.7. The van der Waals surface area contributed by atoms with Crippen LogP contribution in [-0.2, 0) is 13.1 Å². The van der Waals surface area contributed by atoms with Gasteiger partial charge < -0.3 is 14.8 Å². The van der Waals surface area contributed by atoms with E-state index in [1.807, 2.05) is 23.5 Å². The fraction of sp³-hybridized carbons (Fsp3) is 0.588. The number of H-pyrrole nitrogens is 1. The average Bonchev–Trinajstić information content (AvgIpc) is 3.24. The Hall–Kier alpha value is -2.31. The van der Waals surface area contributed by atoms with Crippen molar-refractivity contribution in [3.8, 4) is 0 Å². The Bertz CT molecular complexity index is 648. The number of hydrogen-bond donors (Lipinski definition) is 2. The minimum atomic E-state index is -0.0278. The van der Waals surface area contributed by atoms with E-state index in [2.05, 4.69) is 38.9 Å². The van der Waals surface area contributed by atoms with E-state index in [4.69, 9.17) is 0 Å².